The molecular formula is C17H23N3O. The Morgan fingerprint density at radius 1 is 1.14 bits per heavy atom. The highest BCUT2D eigenvalue weighted by Crippen LogP contribution is 2.32. The summed E-state index contributed by atoms with van der Waals surface area (Å²) in [5.74, 6) is 1.87. The van der Waals surface area contributed by atoms with Crippen LogP contribution in [0.4, 0.5) is 0 Å². The predicted octanol–water partition coefficient (Wildman–Crippen LogP) is 2.88. The fourth-order valence-corrected chi connectivity index (χ4v) is 2.81. The van der Waals surface area contributed by atoms with Gasteiger partial charge in [-0.15, -0.1) is 10.2 Å². The van der Waals surface area contributed by atoms with Crippen LogP contribution in [0.1, 0.15) is 49.6 Å². The van der Waals surface area contributed by atoms with E-state index in [1.807, 2.05) is 0 Å². The Labute approximate surface area is 126 Å². The lowest BCUT2D eigenvalue weighted by molar-refractivity contribution is 0.390. The molecule has 1 aromatic carbocycles. The minimum atomic E-state index is 0.121. The molecule has 21 heavy (non-hydrogen) atoms. The van der Waals surface area contributed by atoms with Crippen molar-refractivity contribution >= 4 is 0 Å². The number of hydrogen-bond donors (Lipinski definition) is 1. The summed E-state index contributed by atoms with van der Waals surface area (Å²) in [6.45, 7) is 7.32. The molecule has 0 aliphatic heterocycles. The van der Waals surface area contributed by atoms with Crippen molar-refractivity contribution in [2.45, 2.75) is 51.5 Å². The molecule has 1 aliphatic rings. The quantitative estimate of drug-likeness (QED) is 0.938. The van der Waals surface area contributed by atoms with Gasteiger partial charge in [0, 0.05) is 24.4 Å². The monoisotopic (exact) mass is 285 g/mol. The third kappa shape index (κ3) is 3.50. The molecule has 0 amide bonds. The van der Waals surface area contributed by atoms with Crippen molar-refractivity contribution in [3.05, 3.63) is 47.2 Å². The van der Waals surface area contributed by atoms with Gasteiger partial charge in [0.15, 0.2) is 0 Å². The van der Waals surface area contributed by atoms with Crippen molar-refractivity contribution in [2.75, 3.05) is 6.54 Å². The molecule has 0 unspecified atom stereocenters. The average Bonchev–Trinajstić information content (AvgIpc) is 3.02. The first kappa shape index (κ1) is 14.3. The number of rotatable bonds is 4. The molecule has 0 atom stereocenters. The molecule has 0 spiro atoms. The molecule has 0 saturated carbocycles. The minimum absolute atomic E-state index is 0.121. The Balaban J connectivity index is 1.59. The van der Waals surface area contributed by atoms with Gasteiger partial charge in [-0.3, -0.25) is 0 Å². The van der Waals surface area contributed by atoms with Crippen LogP contribution in [0.25, 0.3) is 0 Å². The number of nitrogens with zero attached hydrogens (tertiary/aromatic N) is 2. The van der Waals surface area contributed by atoms with Gasteiger partial charge in [-0.2, -0.15) is 0 Å². The van der Waals surface area contributed by atoms with E-state index >= 15 is 0 Å². The second-order valence-electron chi connectivity index (χ2n) is 6.83. The molecule has 1 aromatic heterocycles. The van der Waals surface area contributed by atoms with Crippen molar-refractivity contribution in [3.63, 3.8) is 0 Å². The van der Waals surface area contributed by atoms with E-state index in [-0.39, 0.29) is 5.54 Å². The third-order valence-electron chi connectivity index (χ3n) is 3.88. The smallest absolute Gasteiger partial charge is 0.220 e. The van der Waals surface area contributed by atoms with Crippen LogP contribution in [0.3, 0.4) is 0 Å². The van der Waals surface area contributed by atoms with Gasteiger partial charge in [0.1, 0.15) is 0 Å². The molecule has 0 fully saturated rings. The summed E-state index contributed by atoms with van der Waals surface area (Å²) in [6.07, 6.45) is 2.81. The van der Waals surface area contributed by atoms with Crippen molar-refractivity contribution < 1.29 is 4.42 Å². The van der Waals surface area contributed by atoms with Crippen LogP contribution in [0.15, 0.2) is 28.7 Å². The molecule has 4 nitrogen and oxygen atoms in total. The van der Waals surface area contributed by atoms with Gasteiger partial charge in [-0.25, -0.2) is 0 Å². The molecule has 1 aliphatic carbocycles. The summed E-state index contributed by atoms with van der Waals surface area (Å²) in [5, 5.41) is 11.9. The summed E-state index contributed by atoms with van der Waals surface area (Å²) in [4.78, 5) is 0. The first-order valence-electron chi connectivity index (χ1n) is 7.65. The standard InChI is InChI=1S/C17H23N3O/c1-17(2,3)18-9-8-15-19-20-16(21-15)14-10-12-6-4-5-7-13(12)11-14/h4-7,14,18H,8-11H2,1-3H3. The SMILES string of the molecule is CC(C)(C)NCCc1nnc(C2Cc3ccccc3C2)o1. The molecule has 2 aromatic rings. The normalized spacial score (nSPS) is 15.4. The van der Waals surface area contributed by atoms with Crippen LogP contribution >= 0.6 is 0 Å². The van der Waals surface area contributed by atoms with Gasteiger partial charge < -0.3 is 9.73 Å². The fraction of sp³-hybridized carbons (Fsp3) is 0.529. The number of aromatic nitrogens is 2. The minimum Gasteiger partial charge on any atom is -0.425 e. The molecule has 1 heterocycles. The predicted molar refractivity (Wildman–Crippen MR) is 82.3 cm³/mol. The maximum atomic E-state index is 5.85. The Kier molecular flexibility index (Phi) is 3.81. The van der Waals surface area contributed by atoms with Gasteiger partial charge in [-0.1, -0.05) is 24.3 Å². The van der Waals surface area contributed by atoms with Crippen LogP contribution in [0, 0.1) is 0 Å². The summed E-state index contributed by atoms with van der Waals surface area (Å²) < 4.78 is 5.85. The summed E-state index contributed by atoms with van der Waals surface area (Å²) in [6, 6.07) is 8.58. The molecule has 1 N–H and O–H groups in total. The Hall–Kier alpha value is -1.68. The highest BCUT2D eigenvalue weighted by Gasteiger charge is 2.26. The van der Waals surface area contributed by atoms with E-state index in [0.717, 1.165) is 37.6 Å². The van der Waals surface area contributed by atoms with Crippen LogP contribution in [0.2, 0.25) is 0 Å². The van der Waals surface area contributed by atoms with E-state index in [1.54, 1.807) is 0 Å². The molecule has 0 saturated heterocycles. The number of fused-ring (bicyclic) bond motifs is 1. The van der Waals surface area contributed by atoms with Crippen LogP contribution in [-0.2, 0) is 19.3 Å². The summed E-state index contributed by atoms with van der Waals surface area (Å²) in [5.41, 5.74) is 2.95. The van der Waals surface area contributed by atoms with Gasteiger partial charge in [0.2, 0.25) is 11.8 Å². The van der Waals surface area contributed by atoms with Crippen molar-refractivity contribution in [1.82, 2.24) is 15.5 Å². The molecule has 112 valence electrons. The number of hydrogen-bond acceptors (Lipinski definition) is 4. The van der Waals surface area contributed by atoms with E-state index in [4.69, 9.17) is 4.42 Å². The van der Waals surface area contributed by atoms with Crippen molar-refractivity contribution in [2.24, 2.45) is 0 Å². The van der Waals surface area contributed by atoms with Crippen molar-refractivity contribution in [3.8, 4) is 0 Å². The number of benzene rings is 1. The zero-order valence-corrected chi connectivity index (χ0v) is 13.0. The topological polar surface area (TPSA) is 51.0 Å². The van der Waals surface area contributed by atoms with E-state index in [1.165, 1.54) is 11.1 Å². The van der Waals surface area contributed by atoms with E-state index in [2.05, 4.69) is 60.6 Å². The molecule has 3 rings (SSSR count). The largest absolute Gasteiger partial charge is 0.425 e. The van der Waals surface area contributed by atoms with Gasteiger partial charge in [0.25, 0.3) is 0 Å². The van der Waals surface area contributed by atoms with Crippen LogP contribution < -0.4 is 5.32 Å². The van der Waals surface area contributed by atoms with E-state index in [0.29, 0.717) is 5.92 Å². The highest BCUT2D eigenvalue weighted by atomic mass is 16.4. The second-order valence-corrected chi connectivity index (χ2v) is 6.83. The maximum absolute atomic E-state index is 5.85. The zero-order chi connectivity index (χ0) is 14.9. The average molecular weight is 285 g/mol. The first-order valence-corrected chi connectivity index (χ1v) is 7.65. The molecule has 0 bridgehead atoms. The number of nitrogens with one attached hydrogen (secondary N) is 1. The Bertz CT molecular complexity index is 587. The molecule has 4 heteroatoms. The second kappa shape index (κ2) is 5.60. The van der Waals surface area contributed by atoms with Crippen LogP contribution in [-0.4, -0.2) is 22.3 Å². The zero-order valence-electron chi connectivity index (χ0n) is 13.0. The Morgan fingerprint density at radius 3 is 2.43 bits per heavy atom. The third-order valence-corrected chi connectivity index (χ3v) is 3.88. The molecule has 0 radical (unpaired) electrons. The first-order chi connectivity index (χ1) is 10.0. The lowest BCUT2D eigenvalue weighted by Gasteiger charge is -2.19. The van der Waals surface area contributed by atoms with Gasteiger partial charge in [-0.05, 0) is 44.7 Å². The highest BCUT2D eigenvalue weighted by molar-refractivity contribution is 5.34. The fourth-order valence-electron chi connectivity index (χ4n) is 2.81. The van der Waals surface area contributed by atoms with E-state index < -0.39 is 0 Å². The lowest BCUT2D eigenvalue weighted by atomic mass is 10.1. The summed E-state index contributed by atoms with van der Waals surface area (Å²) >= 11 is 0. The van der Waals surface area contributed by atoms with Gasteiger partial charge in [0.05, 0.1) is 0 Å². The molecular weight excluding hydrogens is 262 g/mol. The van der Waals surface area contributed by atoms with Gasteiger partial charge >= 0.3 is 0 Å². The Morgan fingerprint density at radius 2 is 1.81 bits per heavy atom. The van der Waals surface area contributed by atoms with Crippen molar-refractivity contribution in [1.29, 1.82) is 0 Å². The lowest BCUT2D eigenvalue weighted by Crippen LogP contribution is -2.37. The summed E-state index contributed by atoms with van der Waals surface area (Å²) in [7, 11) is 0. The van der Waals surface area contributed by atoms with E-state index in [9.17, 15) is 0 Å². The maximum Gasteiger partial charge on any atom is 0.220 e. The van der Waals surface area contributed by atoms with Crippen LogP contribution in [0.5, 0.6) is 0 Å².